The molecule has 0 aliphatic carbocycles. The van der Waals surface area contributed by atoms with E-state index >= 15 is 0 Å². The van der Waals surface area contributed by atoms with Crippen LogP contribution in [0.5, 0.6) is 0 Å². The Labute approximate surface area is 114 Å². The predicted octanol–water partition coefficient (Wildman–Crippen LogP) is 2.55. The zero-order valence-electron chi connectivity index (χ0n) is 11.4. The summed E-state index contributed by atoms with van der Waals surface area (Å²) >= 11 is 0. The second kappa shape index (κ2) is 5.27. The van der Waals surface area contributed by atoms with Gasteiger partial charge in [-0.3, -0.25) is 9.88 Å². The van der Waals surface area contributed by atoms with Gasteiger partial charge in [0.15, 0.2) is 0 Å². The summed E-state index contributed by atoms with van der Waals surface area (Å²) < 4.78 is 0. The molecule has 0 saturated carbocycles. The number of fused-ring (bicyclic) bond motifs is 1. The van der Waals surface area contributed by atoms with Crippen LogP contribution in [0, 0.1) is 0 Å². The number of piperidine rings is 1. The molecule has 1 aliphatic heterocycles. The Hall–Kier alpha value is -1.45. The molecule has 2 heterocycles. The van der Waals surface area contributed by atoms with Crippen molar-refractivity contribution < 1.29 is 0 Å². The Balaban J connectivity index is 1.85. The first-order valence-electron chi connectivity index (χ1n) is 7.06. The van der Waals surface area contributed by atoms with E-state index in [-0.39, 0.29) is 0 Å². The van der Waals surface area contributed by atoms with Crippen molar-refractivity contribution in [3.63, 3.8) is 0 Å². The predicted molar refractivity (Wildman–Crippen MR) is 78.8 cm³/mol. The van der Waals surface area contributed by atoms with Crippen molar-refractivity contribution in [2.24, 2.45) is 5.73 Å². The first-order chi connectivity index (χ1) is 9.24. The van der Waals surface area contributed by atoms with E-state index in [2.05, 4.69) is 41.1 Å². The number of hydrogen-bond acceptors (Lipinski definition) is 3. The normalized spacial score (nSPS) is 24.7. The molecular weight excluding hydrogens is 234 g/mol. The molecule has 3 heteroatoms. The number of pyridine rings is 1. The minimum atomic E-state index is 0.375. The van der Waals surface area contributed by atoms with Crippen LogP contribution >= 0.6 is 0 Å². The molecule has 1 aromatic heterocycles. The molecule has 0 radical (unpaired) electrons. The van der Waals surface area contributed by atoms with Crippen LogP contribution in [0.4, 0.5) is 0 Å². The van der Waals surface area contributed by atoms with Crippen LogP contribution in [0.3, 0.4) is 0 Å². The standard InChI is InChI=1S/C16H21N3/c1-12-10-14(17)7-9-19(12)11-13-6-8-18-16-5-3-2-4-15(13)16/h2-6,8,12,14H,7,9-11,17H2,1H3. The molecule has 1 fully saturated rings. The van der Waals surface area contributed by atoms with Crippen molar-refractivity contribution in [2.75, 3.05) is 6.54 Å². The van der Waals surface area contributed by atoms with Crippen LogP contribution < -0.4 is 5.73 Å². The van der Waals surface area contributed by atoms with E-state index < -0.39 is 0 Å². The lowest BCUT2D eigenvalue weighted by molar-refractivity contribution is 0.140. The summed E-state index contributed by atoms with van der Waals surface area (Å²) in [6, 6.07) is 11.5. The first kappa shape index (κ1) is 12.6. The van der Waals surface area contributed by atoms with Crippen molar-refractivity contribution in [1.82, 2.24) is 9.88 Å². The summed E-state index contributed by atoms with van der Waals surface area (Å²) in [5.41, 5.74) is 8.49. The Bertz CT molecular complexity index is 561. The van der Waals surface area contributed by atoms with E-state index in [0.717, 1.165) is 31.4 Å². The molecule has 0 amide bonds. The summed E-state index contributed by atoms with van der Waals surface area (Å²) in [4.78, 5) is 6.96. The lowest BCUT2D eigenvalue weighted by Gasteiger charge is -2.36. The van der Waals surface area contributed by atoms with Gasteiger partial charge < -0.3 is 5.73 Å². The Morgan fingerprint density at radius 2 is 2.16 bits per heavy atom. The van der Waals surface area contributed by atoms with Gasteiger partial charge in [-0.1, -0.05) is 18.2 Å². The third-order valence-electron chi connectivity index (χ3n) is 4.17. The van der Waals surface area contributed by atoms with Gasteiger partial charge in [-0.05, 0) is 37.5 Å². The van der Waals surface area contributed by atoms with E-state index in [0.29, 0.717) is 12.1 Å². The van der Waals surface area contributed by atoms with Crippen LogP contribution in [0.1, 0.15) is 25.3 Å². The van der Waals surface area contributed by atoms with Crippen molar-refractivity contribution in [1.29, 1.82) is 0 Å². The van der Waals surface area contributed by atoms with E-state index in [1.165, 1.54) is 10.9 Å². The van der Waals surface area contributed by atoms with E-state index in [4.69, 9.17) is 5.73 Å². The molecule has 3 rings (SSSR count). The molecule has 0 spiro atoms. The molecule has 2 atom stereocenters. The fourth-order valence-corrected chi connectivity index (χ4v) is 3.00. The van der Waals surface area contributed by atoms with E-state index in [1.54, 1.807) is 0 Å². The second-order valence-electron chi connectivity index (χ2n) is 5.59. The average molecular weight is 255 g/mol. The monoisotopic (exact) mass is 255 g/mol. The molecule has 3 nitrogen and oxygen atoms in total. The van der Waals surface area contributed by atoms with Gasteiger partial charge in [0.05, 0.1) is 5.52 Å². The molecule has 1 aliphatic rings. The Morgan fingerprint density at radius 1 is 1.32 bits per heavy atom. The quantitative estimate of drug-likeness (QED) is 0.896. The maximum atomic E-state index is 6.03. The van der Waals surface area contributed by atoms with Gasteiger partial charge in [0.1, 0.15) is 0 Å². The van der Waals surface area contributed by atoms with Crippen molar-refractivity contribution in [2.45, 2.75) is 38.4 Å². The number of nitrogens with two attached hydrogens (primary N) is 1. The molecule has 2 aromatic rings. The van der Waals surface area contributed by atoms with Crippen LogP contribution in [0.15, 0.2) is 36.5 Å². The molecule has 100 valence electrons. The SMILES string of the molecule is CC1CC(N)CCN1Cc1ccnc2ccccc12. The highest BCUT2D eigenvalue weighted by Gasteiger charge is 2.23. The minimum absolute atomic E-state index is 0.375. The highest BCUT2D eigenvalue weighted by molar-refractivity contribution is 5.81. The number of hydrogen-bond donors (Lipinski definition) is 1. The number of likely N-dealkylation sites (tertiary alicyclic amines) is 1. The van der Waals surface area contributed by atoms with Crippen molar-refractivity contribution >= 4 is 10.9 Å². The van der Waals surface area contributed by atoms with E-state index in [1.807, 2.05) is 12.3 Å². The highest BCUT2D eigenvalue weighted by atomic mass is 15.2. The Kier molecular flexibility index (Phi) is 3.49. The molecule has 2 unspecified atom stereocenters. The topological polar surface area (TPSA) is 42.1 Å². The second-order valence-corrected chi connectivity index (χ2v) is 5.59. The number of rotatable bonds is 2. The van der Waals surface area contributed by atoms with Gasteiger partial charge in [0.25, 0.3) is 0 Å². The third-order valence-corrected chi connectivity index (χ3v) is 4.17. The Morgan fingerprint density at radius 3 is 3.00 bits per heavy atom. The zero-order valence-corrected chi connectivity index (χ0v) is 11.4. The molecule has 2 N–H and O–H groups in total. The lowest BCUT2D eigenvalue weighted by atomic mass is 9.98. The van der Waals surface area contributed by atoms with Gasteiger partial charge in [0.2, 0.25) is 0 Å². The van der Waals surface area contributed by atoms with Gasteiger partial charge in [-0.25, -0.2) is 0 Å². The summed E-state index contributed by atoms with van der Waals surface area (Å²) in [7, 11) is 0. The fourth-order valence-electron chi connectivity index (χ4n) is 3.00. The van der Waals surface area contributed by atoms with Crippen LogP contribution in [0.25, 0.3) is 10.9 Å². The number of nitrogens with zero attached hydrogens (tertiary/aromatic N) is 2. The molecule has 0 bridgehead atoms. The van der Waals surface area contributed by atoms with Crippen molar-refractivity contribution in [3.8, 4) is 0 Å². The summed E-state index contributed by atoms with van der Waals surface area (Å²) in [6.45, 7) is 4.37. The van der Waals surface area contributed by atoms with Gasteiger partial charge in [-0.15, -0.1) is 0 Å². The fraction of sp³-hybridized carbons (Fsp3) is 0.438. The first-order valence-corrected chi connectivity index (χ1v) is 7.06. The van der Waals surface area contributed by atoms with Gasteiger partial charge >= 0.3 is 0 Å². The number of benzene rings is 1. The minimum Gasteiger partial charge on any atom is -0.328 e. The summed E-state index contributed by atoms with van der Waals surface area (Å²) in [5.74, 6) is 0. The van der Waals surface area contributed by atoms with E-state index in [9.17, 15) is 0 Å². The summed E-state index contributed by atoms with van der Waals surface area (Å²) in [6.07, 6.45) is 4.12. The van der Waals surface area contributed by atoms with Crippen LogP contribution in [-0.2, 0) is 6.54 Å². The number of aromatic nitrogens is 1. The highest BCUT2D eigenvalue weighted by Crippen LogP contribution is 2.22. The van der Waals surface area contributed by atoms with Crippen LogP contribution in [0.2, 0.25) is 0 Å². The third kappa shape index (κ3) is 2.62. The molecule has 1 saturated heterocycles. The maximum Gasteiger partial charge on any atom is 0.0705 e. The maximum absolute atomic E-state index is 6.03. The molecule has 19 heavy (non-hydrogen) atoms. The van der Waals surface area contributed by atoms with Gasteiger partial charge in [-0.2, -0.15) is 0 Å². The molecule has 1 aromatic carbocycles. The van der Waals surface area contributed by atoms with Crippen LogP contribution in [-0.4, -0.2) is 28.5 Å². The lowest BCUT2D eigenvalue weighted by Crippen LogP contribution is -2.44. The average Bonchev–Trinajstić information content (AvgIpc) is 2.42. The van der Waals surface area contributed by atoms with Crippen molar-refractivity contribution in [3.05, 3.63) is 42.1 Å². The smallest absolute Gasteiger partial charge is 0.0705 e. The number of para-hydroxylation sites is 1. The summed E-state index contributed by atoms with van der Waals surface area (Å²) in [5, 5.41) is 1.27. The zero-order chi connectivity index (χ0) is 13.2. The largest absolute Gasteiger partial charge is 0.328 e. The van der Waals surface area contributed by atoms with Gasteiger partial charge in [0, 0.05) is 36.8 Å². The molecular formula is C16H21N3.